The van der Waals surface area contributed by atoms with Gasteiger partial charge in [0.15, 0.2) is 5.82 Å². The molecule has 1 aromatic heterocycles. The standard InChI is InChI=1S/C8H13N3O2/c1-8(2,3)10-7(12)9-6-4-5-13-11-6/h4-5H,1-3H3,(H2,9,10,11,12). The Morgan fingerprint density at radius 2 is 2.23 bits per heavy atom. The number of nitrogens with zero attached hydrogens (tertiary/aromatic N) is 1. The van der Waals surface area contributed by atoms with Gasteiger partial charge in [0.25, 0.3) is 0 Å². The van der Waals surface area contributed by atoms with E-state index < -0.39 is 0 Å². The fourth-order valence-electron chi connectivity index (χ4n) is 0.765. The number of hydrogen-bond donors (Lipinski definition) is 2. The highest BCUT2D eigenvalue weighted by atomic mass is 16.5. The van der Waals surface area contributed by atoms with Crippen LogP contribution in [0.1, 0.15) is 20.8 Å². The smallest absolute Gasteiger partial charge is 0.320 e. The Kier molecular flexibility index (Phi) is 2.55. The number of hydrogen-bond acceptors (Lipinski definition) is 3. The van der Waals surface area contributed by atoms with Gasteiger partial charge >= 0.3 is 6.03 Å². The van der Waals surface area contributed by atoms with Gasteiger partial charge in [0, 0.05) is 11.6 Å². The van der Waals surface area contributed by atoms with Gasteiger partial charge in [0.05, 0.1) is 0 Å². The molecule has 0 spiro atoms. The van der Waals surface area contributed by atoms with Crippen LogP contribution in [0.2, 0.25) is 0 Å². The van der Waals surface area contributed by atoms with E-state index >= 15 is 0 Å². The molecular formula is C8H13N3O2. The second-order valence-electron chi connectivity index (χ2n) is 3.71. The summed E-state index contributed by atoms with van der Waals surface area (Å²) in [6.07, 6.45) is 1.40. The molecule has 0 atom stereocenters. The first kappa shape index (κ1) is 9.57. The predicted molar refractivity (Wildman–Crippen MR) is 48.4 cm³/mol. The summed E-state index contributed by atoms with van der Waals surface area (Å²) in [5.41, 5.74) is -0.256. The fraction of sp³-hybridized carbons (Fsp3) is 0.500. The van der Waals surface area contributed by atoms with Crippen molar-refractivity contribution in [2.24, 2.45) is 0 Å². The van der Waals surface area contributed by atoms with Crippen LogP contribution in [0.15, 0.2) is 16.9 Å². The van der Waals surface area contributed by atoms with Crippen molar-refractivity contribution < 1.29 is 9.32 Å². The van der Waals surface area contributed by atoms with Crippen LogP contribution < -0.4 is 10.6 Å². The molecule has 0 bridgehead atoms. The van der Waals surface area contributed by atoms with Crippen molar-refractivity contribution in [2.75, 3.05) is 5.32 Å². The zero-order valence-corrected chi connectivity index (χ0v) is 7.92. The monoisotopic (exact) mass is 183 g/mol. The van der Waals surface area contributed by atoms with Crippen LogP contribution in [0.5, 0.6) is 0 Å². The molecule has 0 fully saturated rings. The number of carbonyl (C=O) groups is 1. The molecule has 2 N–H and O–H groups in total. The molecule has 0 aliphatic heterocycles. The molecule has 1 rings (SSSR count). The number of anilines is 1. The first-order valence-corrected chi connectivity index (χ1v) is 3.97. The first-order valence-electron chi connectivity index (χ1n) is 3.97. The first-order chi connectivity index (χ1) is 5.97. The highest BCUT2D eigenvalue weighted by Gasteiger charge is 2.13. The summed E-state index contributed by atoms with van der Waals surface area (Å²) < 4.78 is 4.55. The fourth-order valence-corrected chi connectivity index (χ4v) is 0.765. The van der Waals surface area contributed by atoms with E-state index in [0.717, 1.165) is 0 Å². The number of nitrogens with one attached hydrogen (secondary N) is 2. The summed E-state index contributed by atoms with van der Waals surface area (Å²) in [4.78, 5) is 11.2. The van der Waals surface area contributed by atoms with Crippen LogP contribution >= 0.6 is 0 Å². The Balaban J connectivity index is 2.43. The van der Waals surface area contributed by atoms with Crippen molar-refractivity contribution in [1.29, 1.82) is 0 Å². The van der Waals surface area contributed by atoms with Crippen LogP contribution in [0.4, 0.5) is 10.6 Å². The van der Waals surface area contributed by atoms with E-state index in [1.807, 2.05) is 20.8 Å². The average Bonchev–Trinajstić information content (AvgIpc) is 2.34. The van der Waals surface area contributed by atoms with Crippen molar-refractivity contribution in [3.63, 3.8) is 0 Å². The van der Waals surface area contributed by atoms with Crippen molar-refractivity contribution in [1.82, 2.24) is 10.5 Å². The van der Waals surface area contributed by atoms with Crippen LogP contribution in [0.25, 0.3) is 0 Å². The minimum absolute atomic E-state index is 0.256. The largest absolute Gasteiger partial charge is 0.363 e. The maximum atomic E-state index is 11.2. The van der Waals surface area contributed by atoms with Gasteiger partial charge in [-0.1, -0.05) is 5.16 Å². The van der Waals surface area contributed by atoms with Gasteiger partial charge in [-0.15, -0.1) is 0 Å². The Morgan fingerprint density at radius 1 is 1.54 bits per heavy atom. The lowest BCUT2D eigenvalue weighted by atomic mass is 10.1. The lowest BCUT2D eigenvalue weighted by molar-refractivity contribution is 0.243. The van der Waals surface area contributed by atoms with Crippen LogP contribution in [0.3, 0.4) is 0 Å². The molecule has 0 aromatic carbocycles. The lowest BCUT2D eigenvalue weighted by Gasteiger charge is -2.19. The summed E-state index contributed by atoms with van der Waals surface area (Å²) in [6, 6.07) is 1.28. The molecular weight excluding hydrogens is 170 g/mol. The van der Waals surface area contributed by atoms with Crippen molar-refractivity contribution in [2.45, 2.75) is 26.3 Å². The van der Waals surface area contributed by atoms with E-state index in [2.05, 4.69) is 20.3 Å². The van der Waals surface area contributed by atoms with Gasteiger partial charge in [-0.3, -0.25) is 5.32 Å². The van der Waals surface area contributed by atoms with E-state index in [1.54, 1.807) is 6.07 Å². The molecule has 0 radical (unpaired) electrons. The highest BCUT2D eigenvalue weighted by molar-refractivity contribution is 5.88. The molecule has 0 aliphatic carbocycles. The van der Waals surface area contributed by atoms with Crippen LogP contribution in [-0.4, -0.2) is 16.7 Å². The van der Waals surface area contributed by atoms with Crippen molar-refractivity contribution in [3.8, 4) is 0 Å². The molecule has 2 amide bonds. The second-order valence-corrected chi connectivity index (χ2v) is 3.71. The quantitative estimate of drug-likeness (QED) is 0.694. The zero-order valence-electron chi connectivity index (χ0n) is 7.92. The van der Waals surface area contributed by atoms with Crippen molar-refractivity contribution >= 4 is 11.8 Å². The van der Waals surface area contributed by atoms with Gasteiger partial charge in [-0.2, -0.15) is 0 Å². The summed E-state index contributed by atoms with van der Waals surface area (Å²) in [5, 5.41) is 8.79. The third-order valence-electron chi connectivity index (χ3n) is 1.17. The summed E-state index contributed by atoms with van der Waals surface area (Å²) >= 11 is 0. The van der Waals surface area contributed by atoms with E-state index in [0.29, 0.717) is 5.82 Å². The maximum Gasteiger partial charge on any atom is 0.320 e. The minimum atomic E-state index is -0.290. The number of amides is 2. The number of aromatic nitrogens is 1. The third kappa shape index (κ3) is 3.59. The molecule has 13 heavy (non-hydrogen) atoms. The Hall–Kier alpha value is -1.52. The zero-order chi connectivity index (χ0) is 9.90. The summed E-state index contributed by atoms with van der Waals surface area (Å²) in [7, 11) is 0. The molecule has 72 valence electrons. The third-order valence-corrected chi connectivity index (χ3v) is 1.17. The Labute approximate surface area is 76.5 Å². The molecule has 0 saturated heterocycles. The molecule has 5 heteroatoms. The molecule has 1 heterocycles. The molecule has 5 nitrogen and oxygen atoms in total. The predicted octanol–water partition coefficient (Wildman–Crippen LogP) is 1.59. The second kappa shape index (κ2) is 3.47. The van der Waals surface area contributed by atoms with Crippen LogP contribution in [-0.2, 0) is 0 Å². The Bertz CT molecular complexity index is 274. The van der Waals surface area contributed by atoms with E-state index in [4.69, 9.17) is 0 Å². The normalized spacial score (nSPS) is 11.0. The van der Waals surface area contributed by atoms with E-state index in [-0.39, 0.29) is 11.6 Å². The SMILES string of the molecule is CC(C)(C)NC(=O)Nc1ccon1. The van der Waals surface area contributed by atoms with Gasteiger partial charge < -0.3 is 9.84 Å². The van der Waals surface area contributed by atoms with Gasteiger partial charge in [-0.25, -0.2) is 4.79 Å². The molecule has 1 aromatic rings. The topological polar surface area (TPSA) is 67.2 Å². The minimum Gasteiger partial charge on any atom is -0.363 e. The van der Waals surface area contributed by atoms with Gasteiger partial charge in [0.1, 0.15) is 6.26 Å². The number of rotatable bonds is 1. The number of carbonyl (C=O) groups excluding carboxylic acids is 1. The summed E-state index contributed by atoms with van der Waals surface area (Å²) in [6.45, 7) is 5.69. The molecule has 0 aliphatic rings. The van der Waals surface area contributed by atoms with Gasteiger partial charge in [-0.05, 0) is 20.8 Å². The highest BCUT2D eigenvalue weighted by Crippen LogP contribution is 2.03. The van der Waals surface area contributed by atoms with Crippen LogP contribution in [0, 0.1) is 0 Å². The van der Waals surface area contributed by atoms with E-state index in [9.17, 15) is 4.79 Å². The number of urea groups is 1. The Morgan fingerprint density at radius 3 is 2.69 bits per heavy atom. The maximum absolute atomic E-state index is 11.2. The molecule has 0 saturated carbocycles. The van der Waals surface area contributed by atoms with E-state index in [1.165, 1.54) is 6.26 Å². The molecule has 0 unspecified atom stereocenters. The summed E-state index contributed by atoms with van der Waals surface area (Å²) in [5.74, 6) is 0.404. The van der Waals surface area contributed by atoms with Gasteiger partial charge in [0.2, 0.25) is 0 Å². The van der Waals surface area contributed by atoms with Crippen molar-refractivity contribution in [3.05, 3.63) is 12.3 Å². The lowest BCUT2D eigenvalue weighted by Crippen LogP contribution is -2.43. The average molecular weight is 183 g/mol.